The molecule has 0 atom stereocenters. The van der Waals surface area contributed by atoms with Gasteiger partial charge in [-0.3, -0.25) is 14.4 Å². The minimum atomic E-state index is -1.04. The maximum absolute atomic E-state index is 12.1. The summed E-state index contributed by atoms with van der Waals surface area (Å²) in [7, 11) is 1.59. The molecule has 0 unspecified atom stereocenters. The number of nitrogens with zero attached hydrogens (tertiary/aromatic N) is 2. The van der Waals surface area contributed by atoms with Gasteiger partial charge in [-0.05, 0) is 18.9 Å². The second kappa shape index (κ2) is 4.64. The van der Waals surface area contributed by atoms with Gasteiger partial charge in [0.05, 0.1) is 0 Å². The van der Waals surface area contributed by atoms with E-state index in [0.717, 1.165) is 12.8 Å². The molecule has 0 radical (unpaired) electrons. The zero-order valence-corrected chi connectivity index (χ0v) is 10.00. The van der Waals surface area contributed by atoms with E-state index in [1.807, 2.05) is 0 Å². The van der Waals surface area contributed by atoms with E-state index in [9.17, 15) is 14.4 Å². The Labute approximate surface area is 103 Å². The van der Waals surface area contributed by atoms with Crippen LogP contribution < -0.4 is 5.56 Å². The van der Waals surface area contributed by atoms with Crippen LogP contribution in [0.15, 0.2) is 23.1 Å². The van der Waals surface area contributed by atoms with Crippen LogP contribution in [0.25, 0.3) is 0 Å². The van der Waals surface area contributed by atoms with E-state index in [-0.39, 0.29) is 23.7 Å². The molecule has 1 aromatic rings. The lowest BCUT2D eigenvalue weighted by molar-refractivity contribution is -0.137. The summed E-state index contributed by atoms with van der Waals surface area (Å²) in [5, 5.41) is 8.80. The molecule has 0 bridgehead atoms. The molecule has 1 amide bonds. The number of carbonyl (C=O) groups excluding carboxylic acids is 1. The van der Waals surface area contributed by atoms with Crippen LogP contribution in [0.4, 0.5) is 0 Å². The van der Waals surface area contributed by atoms with E-state index in [1.54, 1.807) is 7.05 Å². The number of carbonyl (C=O) groups is 2. The Balaban J connectivity index is 2.24. The minimum Gasteiger partial charge on any atom is -0.480 e. The van der Waals surface area contributed by atoms with Gasteiger partial charge in [0.15, 0.2) is 0 Å². The van der Waals surface area contributed by atoms with Crippen LogP contribution in [0.1, 0.15) is 23.2 Å². The fourth-order valence-electron chi connectivity index (χ4n) is 1.75. The Morgan fingerprint density at radius 3 is 2.67 bits per heavy atom. The van der Waals surface area contributed by atoms with Crippen LogP contribution in [0.2, 0.25) is 0 Å². The van der Waals surface area contributed by atoms with E-state index in [0.29, 0.717) is 0 Å². The van der Waals surface area contributed by atoms with Crippen molar-refractivity contribution in [2.24, 2.45) is 7.05 Å². The molecule has 18 heavy (non-hydrogen) atoms. The third-order valence-electron chi connectivity index (χ3n) is 2.91. The monoisotopic (exact) mass is 250 g/mol. The SMILES string of the molecule is Cn1ccc(C(=O)N(CC(=O)O)C2CC2)cc1=O. The maximum Gasteiger partial charge on any atom is 0.323 e. The van der Waals surface area contributed by atoms with Gasteiger partial charge >= 0.3 is 5.97 Å². The van der Waals surface area contributed by atoms with Crippen molar-refractivity contribution in [2.75, 3.05) is 6.54 Å². The highest BCUT2D eigenvalue weighted by Crippen LogP contribution is 2.27. The fourth-order valence-corrected chi connectivity index (χ4v) is 1.75. The summed E-state index contributed by atoms with van der Waals surface area (Å²) >= 11 is 0. The smallest absolute Gasteiger partial charge is 0.323 e. The number of carboxylic acid groups (broad SMARTS) is 1. The average Bonchev–Trinajstić information content (AvgIpc) is 3.12. The topological polar surface area (TPSA) is 79.6 Å². The molecule has 96 valence electrons. The van der Waals surface area contributed by atoms with Crippen molar-refractivity contribution in [3.63, 3.8) is 0 Å². The molecule has 1 heterocycles. The van der Waals surface area contributed by atoms with Crippen LogP contribution in [-0.2, 0) is 11.8 Å². The normalized spacial score (nSPS) is 14.3. The standard InChI is InChI=1S/C12H14N2O4/c1-13-5-4-8(6-10(13)15)12(18)14(7-11(16)17)9-2-3-9/h4-6,9H,2-3,7H2,1H3,(H,16,17). The number of aryl methyl sites for hydroxylation is 1. The third kappa shape index (κ3) is 2.58. The zero-order valence-electron chi connectivity index (χ0n) is 10.00. The Bertz CT molecular complexity index is 545. The molecule has 0 aromatic carbocycles. The van der Waals surface area contributed by atoms with Gasteiger partial charge in [-0.2, -0.15) is 0 Å². The van der Waals surface area contributed by atoms with Gasteiger partial charge in [0.1, 0.15) is 6.54 Å². The van der Waals surface area contributed by atoms with Crippen LogP contribution in [-0.4, -0.2) is 39.0 Å². The van der Waals surface area contributed by atoms with Crippen molar-refractivity contribution in [3.8, 4) is 0 Å². The molecule has 0 aliphatic heterocycles. The predicted molar refractivity (Wildman–Crippen MR) is 63.4 cm³/mol. The summed E-state index contributed by atoms with van der Waals surface area (Å²) in [6, 6.07) is 2.76. The molecule has 1 N–H and O–H groups in total. The van der Waals surface area contributed by atoms with E-state index >= 15 is 0 Å². The van der Waals surface area contributed by atoms with Gasteiger partial charge < -0.3 is 14.6 Å². The van der Waals surface area contributed by atoms with Gasteiger partial charge in [-0.1, -0.05) is 0 Å². The number of aromatic nitrogens is 1. The molecule has 0 spiro atoms. The van der Waals surface area contributed by atoms with Gasteiger partial charge in [-0.15, -0.1) is 0 Å². The molecule has 1 fully saturated rings. The van der Waals surface area contributed by atoms with Crippen LogP contribution in [0.5, 0.6) is 0 Å². The van der Waals surface area contributed by atoms with E-state index in [4.69, 9.17) is 5.11 Å². The van der Waals surface area contributed by atoms with Crippen molar-refractivity contribution in [3.05, 3.63) is 34.2 Å². The summed E-state index contributed by atoms with van der Waals surface area (Å²) in [6.45, 7) is -0.321. The first-order valence-corrected chi connectivity index (χ1v) is 5.68. The number of rotatable bonds is 4. The third-order valence-corrected chi connectivity index (χ3v) is 2.91. The summed E-state index contributed by atoms with van der Waals surface area (Å²) in [6.07, 6.45) is 3.15. The summed E-state index contributed by atoms with van der Waals surface area (Å²) in [5.41, 5.74) is -0.0434. The molecule has 1 aliphatic carbocycles. The largest absolute Gasteiger partial charge is 0.480 e. The number of hydrogen-bond donors (Lipinski definition) is 1. The first-order chi connectivity index (χ1) is 8.49. The predicted octanol–water partition coefficient (Wildman–Crippen LogP) is 0.0745. The lowest BCUT2D eigenvalue weighted by Gasteiger charge is -2.20. The van der Waals surface area contributed by atoms with Crippen molar-refractivity contribution >= 4 is 11.9 Å². The molecule has 6 heteroatoms. The van der Waals surface area contributed by atoms with E-state index in [2.05, 4.69) is 0 Å². The van der Waals surface area contributed by atoms with Crippen molar-refractivity contribution in [1.82, 2.24) is 9.47 Å². The lowest BCUT2D eigenvalue weighted by Crippen LogP contribution is -2.38. The zero-order chi connectivity index (χ0) is 13.3. The lowest BCUT2D eigenvalue weighted by atomic mass is 10.2. The Kier molecular flexibility index (Phi) is 3.18. The van der Waals surface area contributed by atoms with E-state index < -0.39 is 11.9 Å². The van der Waals surface area contributed by atoms with Crippen LogP contribution in [0, 0.1) is 0 Å². The number of amides is 1. The molecular formula is C12H14N2O4. The molecule has 0 saturated heterocycles. The number of aliphatic carboxylic acids is 1. The summed E-state index contributed by atoms with van der Waals surface area (Å²) < 4.78 is 1.36. The van der Waals surface area contributed by atoms with Crippen molar-refractivity contribution < 1.29 is 14.7 Å². The second-order valence-electron chi connectivity index (χ2n) is 4.42. The molecule has 2 rings (SSSR count). The molecule has 1 saturated carbocycles. The minimum absolute atomic E-state index is 0.00217. The van der Waals surface area contributed by atoms with Crippen LogP contribution >= 0.6 is 0 Å². The summed E-state index contributed by atoms with van der Waals surface area (Å²) in [4.78, 5) is 35.6. The molecule has 1 aromatic heterocycles. The first-order valence-electron chi connectivity index (χ1n) is 5.68. The van der Waals surface area contributed by atoms with Gasteiger partial charge in [0, 0.05) is 30.9 Å². The highest BCUT2D eigenvalue weighted by atomic mass is 16.4. The first kappa shape index (κ1) is 12.3. The number of hydrogen-bond acceptors (Lipinski definition) is 3. The van der Waals surface area contributed by atoms with Gasteiger partial charge in [-0.25, -0.2) is 0 Å². The molecule has 6 nitrogen and oxygen atoms in total. The number of pyridine rings is 1. The number of carboxylic acids is 1. The Hall–Kier alpha value is -2.11. The fraction of sp³-hybridized carbons (Fsp3) is 0.417. The Morgan fingerprint density at radius 1 is 1.50 bits per heavy atom. The average molecular weight is 250 g/mol. The van der Waals surface area contributed by atoms with Gasteiger partial charge in [0.25, 0.3) is 11.5 Å². The highest BCUT2D eigenvalue weighted by Gasteiger charge is 2.34. The van der Waals surface area contributed by atoms with Gasteiger partial charge in [0.2, 0.25) is 0 Å². The summed E-state index contributed by atoms with van der Waals surface area (Å²) in [5.74, 6) is -1.43. The second-order valence-corrected chi connectivity index (χ2v) is 4.42. The molecule has 1 aliphatic rings. The quantitative estimate of drug-likeness (QED) is 0.820. The van der Waals surface area contributed by atoms with Crippen molar-refractivity contribution in [1.29, 1.82) is 0 Å². The molecular weight excluding hydrogens is 236 g/mol. The maximum atomic E-state index is 12.1. The van der Waals surface area contributed by atoms with Crippen LogP contribution in [0.3, 0.4) is 0 Å². The van der Waals surface area contributed by atoms with E-state index in [1.165, 1.54) is 27.8 Å². The Morgan fingerprint density at radius 2 is 2.17 bits per heavy atom. The highest BCUT2D eigenvalue weighted by molar-refractivity contribution is 5.96. The van der Waals surface area contributed by atoms with Crippen molar-refractivity contribution in [2.45, 2.75) is 18.9 Å².